The maximum absolute atomic E-state index is 5.94. The van der Waals surface area contributed by atoms with Crippen LogP contribution in [0.1, 0.15) is 38.8 Å². The van der Waals surface area contributed by atoms with E-state index in [9.17, 15) is 0 Å². The summed E-state index contributed by atoms with van der Waals surface area (Å²) in [4.78, 5) is 2.37. The topological polar surface area (TPSA) is 38.5 Å². The van der Waals surface area contributed by atoms with E-state index in [0.717, 1.165) is 29.6 Å². The van der Waals surface area contributed by atoms with Crippen LogP contribution >= 0.6 is 15.9 Å². The lowest BCUT2D eigenvalue weighted by Gasteiger charge is -2.31. The number of halogens is 1. The number of anilines is 1. The van der Waals surface area contributed by atoms with Gasteiger partial charge in [-0.1, -0.05) is 28.9 Å². The average Bonchev–Trinajstić information content (AvgIpc) is 2.38. The smallest absolute Gasteiger partial charge is 0.0637 e. The van der Waals surface area contributed by atoms with Gasteiger partial charge < -0.3 is 15.4 Å². The van der Waals surface area contributed by atoms with Crippen LogP contribution in [-0.2, 0) is 4.74 Å². The summed E-state index contributed by atoms with van der Waals surface area (Å²) >= 11 is 3.62. The molecular weight excluding hydrogens is 304 g/mol. The minimum atomic E-state index is 0.0412. The molecule has 108 valence electrons. The van der Waals surface area contributed by atoms with Crippen LogP contribution in [0.3, 0.4) is 0 Å². The number of benzene rings is 1. The fraction of sp³-hybridized carbons (Fsp3) is 0.600. The Morgan fingerprint density at radius 3 is 2.53 bits per heavy atom. The van der Waals surface area contributed by atoms with Gasteiger partial charge in [0.1, 0.15) is 0 Å². The fourth-order valence-electron chi connectivity index (χ4n) is 2.08. The van der Waals surface area contributed by atoms with Crippen LogP contribution in [0.2, 0.25) is 0 Å². The lowest BCUT2D eigenvalue weighted by molar-refractivity contribution is 0.203. The summed E-state index contributed by atoms with van der Waals surface area (Å²) < 4.78 is 6.28. The van der Waals surface area contributed by atoms with E-state index in [0.29, 0.717) is 6.04 Å². The molecule has 2 atom stereocenters. The Labute approximate surface area is 125 Å². The molecule has 1 rings (SSSR count). The third kappa shape index (κ3) is 4.48. The Kier molecular flexibility index (Phi) is 6.83. The molecule has 0 saturated heterocycles. The number of hydrogen-bond acceptors (Lipinski definition) is 3. The summed E-state index contributed by atoms with van der Waals surface area (Å²) in [5.74, 6) is 0. The van der Waals surface area contributed by atoms with Crippen LogP contribution in [0.15, 0.2) is 22.7 Å². The van der Waals surface area contributed by atoms with E-state index >= 15 is 0 Å². The maximum Gasteiger partial charge on any atom is 0.0637 e. The van der Waals surface area contributed by atoms with Crippen molar-refractivity contribution in [3.63, 3.8) is 0 Å². The molecule has 3 nitrogen and oxygen atoms in total. The number of methoxy groups -OCH3 is 1. The lowest BCUT2D eigenvalue weighted by Crippen LogP contribution is -2.35. The molecule has 2 N–H and O–H groups in total. The van der Waals surface area contributed by atoms with Crippen LogP contribution in [0.4, 0.5) is 5.69 Å². The summed E-state index contributed by atoms with van der Waals surface area (Å²) in [5, 5.41) is 0. The van der Waals surface area contributed by atoms with Gasteiger partial charge in [0.2, 0.25) is 0 Å². The molecular formula is C15H25BrN2O. The molecule has 0 aliphatic heterocycles. The SMILES string of the molecule is CCC(C)N(CCOC)c1ccc(C(C)N)c(Br)c1. The summed E-state index contributed by atoms with van der Waals surface area (Å²) in [5.41, 5.74) is 8.29. The molecule has 1 aromatic carbocycles. The van der Waals surface area contributed by atoms with Gasteiger partial charge in [-0.25, -0.2) is 0 Å². The second-order valence-electron chi connectivity index (χ2n) is 4.94. The van der Waals surface area contributed by atoms with E-state index in [1.54, 1.807) is 7.11 Å². The third-order valence-electron chi connectivity index (χ3n) is 3.47. The first kappa shape index (κ1) is 16.5. The highest BCUT2D eigenvalue weighted by Gasteiger charge is 2.14. The molecule has 0 radical (unpaired) electrons. The molecule has 0 aromatic heterocycles. The van der Waals surface area contributed by atoms with Crippen molar-refractivity contribution in [3.05, 3.63) is 28.2 Å². The van der Waals surface area contributed by atoms with E-state index in [-0.39, 0.29) is 6.04 Å². The van der Waals surface area contributed by atoms with Crippen molar-refractivity contribution < 1.29 is 4.74 Å². The van der Waals surface area contributed by atoms with Crippen molar-refractivity contribution in [1.82, 2.24) is 0 Å². The first-order valence-electron chi connectivity index (χ1n) is 6.81. The highest BCUT2D eigenvalue weighted by Crippen LogP contribution is 2.28. The Morgan fingerprint density at radius 2 is 2.05 bits per heavy atom. The zero-order chi connectivity index (χ0) is 14.4. The monoisotopic (exact) mass is 328 g/mol. The number of nitrogens with two attached hydrogens (primary N) is 1. The van der Waals surface area contributed by atoms with Gasteiger partial charge >= 0.3 is 0 Å². The van der Waals surface area contributed by atoms with E-state index in [1.807, 2.05) is 6.92 Å². The van der Waals surface area contributed by atoms with Crippen LogP contribution in [-0.4, -0.2) is 26.3 Å². The molecule has 4 heteroatoms. The fourth-order valence-corrected chi connectivity index (χ4v) is 2.81. The Hall–Kier alpha value is -0.580. The zero-order valence-corrected chi connectivity index (χ0v) is 13.9. The molecule has 0 aliphatic carbocycles. The van der Waals surface area contributed by atoms with Gasteiger partial charge in [-0.15, -0.1) is 0 Å². The van der Waals surface area contributed by atoms with Crippen molar-refractivity contribution in [3.8, 4) is 0 Å². The quantitative estimate of drug-likeness (QED) is 0.829. The predicted molar refractivity (Wildman–Crippen MR) is 85.7 cm³/mol. The standard InChI is InChI=1S/C15H25BrN2O/c1-5-11(2)18(8-9-19-4)13-6-7-14(12(3)17)15(16)10-13/h6-7,10-12H,5,8-9,17H2,1-4H3. The Morgan fingerprint density at radius 1 is 1.37 bits per heavy atom. The van der Waals surface area contributed by atoms with Crippen molar-refractivity contribution in [1.29, 1.82) is 0 Å². The first-order valence-corrected chi connectivity index (χ1v) is 7.61. The number of rotatable bonds is 7. The molecule has 0 bridgehead atoms. The molecule has 0 amide bonds. The summed E-state index contributed by atoms with van der Waals surface area (Å²) in [7, 11) is 1.74. The number of ether oxygens (including phenoxy) is 1. The van der Waals surface area contributed by atoms with Gasteiger partial charge in [-0.2, -0.15) is 0 Å². The number of nitrogens with zero attached hydrogens (tertiary/aromatic N) is 1. The normalized spacial score (nSPS) is 14.2. The Bertz CT molecular complexity index is 396. The van der Waals surface area contributed by atoms with Crippen molar-refractivity contribution in [2.75, 3.05) is 25.2 Å². The second kappa shape index (κ2) is 7.88. The van der Waals surface area contributed by atoms with Crippen LogP contribution in [0.5, 0.6) is 0 Å². The van der Waals surface area contributed by atoms with E-state index < -0.39 is 0 Å². The zero-order valence-electron chi connectivity index (χ0n) is 12.3. The third-order valence-corrected chi connectivity index (χ3v) is 4.15. The lowest BCUT2D eigenvalue weighted by atomic mass is 10.1. The van der Waals surface area contributed by atoms with E-state index in [1.165, 1.54) is 5.69 Å². The van der Waals surface area contributed by atoms with Gasteiger partial charge in [-0.05, 0) is 38.0 Å². The molecule has 0 saturated carbocycles. The highest BCUT2D eigenvalue weighted by molar-refractivity contribution is 9.10. The van der Waals surface area contributed by atoms with Crippen molar-refractivity contribution in [2.24, 2.45) is 5.73 Å². The maximum atomic E-state index is 5.94. The minimum absolute atomic E-state index is 0.0412. The van der Waals surface area contributed by atoms with Crippen LogP contribution in [0, 0.1) is 0 Å². The molecule has 0 aliphatic rings. The molecule has 0 fully saturated rings. The van der Waals surface area contributed by atoms with E-state index in [2.05, 4.69) is 52.9 Å². The van der Waals surface area contributed by atoms with Gasteiger partial charge in [0.05, 0.1) is 6.61 Å². The molecule has 0 heterocycles. The number of hydrogen-bond donors (Lipinski definition) is 1. The largest absolute Gasteiger partial charge is 0.383 e. The molecule has 19 heavy (non-hydrogen) atoms. The van der Waals surface area contributed by atoms with Crippen LogP contribution in [0.25, 0.3) is 0 Å². The van der Waals surface area contributed by atoms with Crippen molar-refractivity contribution >= 4 is 21.6 Å². The summed E-state index contributed by atoms with van der Waals surface area (Å²) in [6.45, 7) is 8.07. The highest BCUT2D eigenvalue weighted by atomic mass is 79.9. The van der Waals surface area contributed by atoms with Gasteiger partial charge in [-0.3, -0.25) is 0 Å². The van der Waals surface area contributed by atoms with Crippen LogP contribution < -0.4 is 10.6 Å². The molecule has 2 unspecified atom stereocenters. The average molecular weight is 329 g/mol. The van der Waals surface area contributed by atoms with Gasteiger partial charge in [0, 0.05) is 35.9 Å². The van der Waals surface area contributed by atoms with Crippen molar-refractivity contribution in [2.45, 2.75) is 39.3 Å². The van der Waals surface area contributed by atoms with Gasteiger partial charge in [0.15, 0.2) is 0 Å². The van der Waals surface area contributed by atoms with E-state index in [4.69, 9.17) is 10.5 Å². The molecule has 0 spiro atoms. The summed E-state index contributed by atoms with van der Waals surface area (Å²) in [6.07, 6.45) is 1.11. The summed E-state index contributed by atoms with van der Waals surface area (Å²) in [6, 6.07) is 6.93. The Balaban J connectivity index is 2.99. The first-order chi connectivity index (χ1) is 9.01. The second-order valence-corrected chi connectivity index (χ2v) is 5.79. The predicted octanol–water partition coefficient (Wildman–Crippen LogP) is 3.72. The molecule has 1 aromatic rings. The minimum Gasteiger partial charge on any atom is -0.383 e. The van der Waals surface area contributed by atoms with Gasteiger partial charge in [0.25, 0.3) is 0 Å².